The molecule has 1 aliphatic rings. The number of benzene rings is 1. The lowest BCUT2D eigenvalue weighted by Crippen LogP contribution is -2.42. The molecule has 1 heterocycles. The number of carbonyl (C=O) groups excluding carboxylic acids is 3. The van der Waals surface area contributed by atoms with Crippen LogP contribution in [0.3, 0.4) is 0 Å². The van der Waals surface area contributed by atoms with E-state index in [4.69, 9.17) is 0 Å². The maximum absolute atomic E-state index is 12.0. The Morgan fingerprint density at radius 3 is 2.42 bits per heavy atom. The highest BCUT2D eigenvalue weighted by Gasteiger charge is 2.20. The van der Waals surface area contributed by atoms with Gasteiger partial charge in [0.15, 0.2) is 0 Å². The van der Waals surface area contributed by atoms with E-state index in [1.165, 1.54) is 0 Å². The predicted octanol–water partition coefficient (Wildman–Crippen LogP) is 1.21. The van der Waals surface area contributed by atoms with Crippen molar-refractivity contribution in [2.45, 2.75) is 33.2 Å². The number of carbonyl (C=O) groups is 3. The van der Waals surface area contributed by atoms with Gasteiger partial charge in [0.2, 0.25) is 5.91 Å². The van der Waals surface area contributed by atoms with Gasteiger partial charge in [-0.05, 0) is 43.6 Å². The lowest BCUT2D eigenvalue weighted by Gasteiger charge is -2.18. The van der Waals surface area contributed by atoms with Crippen LogP contribution in [0.5, 0.6) is 0 Å². The molecule has 0 unspecified atom stereocenters. The quantitative estimate of drug-likeness (QED) is 0.716. The van der Waals surface area contributed by atoms with E-state index in [2.05, 4.69) is 29.4 Å². The van der Waals surface area contributed by atoms with Crippen LogP contribution in [0.15, 0.2) is 24.3 Å². The molecule has 0 spiro atoms. The van der Waals surface area contributed by atoms with Crippen molar-refractivity contribution in [3.05, 3.63) is 29.8 Å². The summed E-state index contributed by atoms with van der Waals surface area (Å²) in [5, 5.41) is 4.98. The van der Waals surface area contributed by atoms with Crippen LogP contribution in [0.1, 0.15) is 32.3 Å². The third kappa shape index (κ3) is 5.84. The number of nitrogens with zero attached hydrogens (tertiary/aromatic N) is 2. The van der Waals surface area contributed by atoms with Gasteiger partial charge in [-0.3, -0.25) is 19.3 Å². The molecule has 1 saturated heterocycles. The number of likely N-dealkylation sites (tertiary alicyclic amines) is 1. The van der Waals surface area contributed by atoms with Gasteiger partial charge < -0.3 is 15.5 Å². The summed E-state index contributed by atoms with van der Waals surface area (Å²) < 4.78 is 0. The molecule has 0 atom stereocenters. The number of anilines is 1. The van der Waals surface area contributed by atoms with Crippen LogP contribution in [0.25, 0.3) is 0 Å². The summed E-state index contributed by atoms with van der Waals surface area (Å²) in [6.07, 6.45) is 1.98. The van der Waals surface area contributed by atoms with E-state index in [0.29, 0.717) is 5.69 Å². The zero-order valence-electron chi connectivity index (χ0n) is 15.6. The number of hydrogen-bond donors (Lipinski definition) is 2. The normalized spacial score (nSPS) is 13.7. The molecule has 7 heteroatoms. The molecule has 1 aliphatic heterocycles. The Hall–Kier alpha value is -2.41. The molecule has 3 amide bonds. The van der Waals surface area contributed by atoms with Crippen molar-refractivity contribution >= 4 is 23.4 Å². The number of amides is 3. The Labute approximate surface area is 154 Å². The van der Waals surface area contributed by atoms with Crippen molar-refractivity contribution in [2.24, 2.45) is 0 Å². The van der Waals surface area contributed by atoms with Crippen molar-refractivity contribution < 1.29 is 14.4 Å². The summed E-state index contributed by atoms with van der Waals surface area (Å²) in [4.78, 5) is 39.8. The summed E-state index contributed by atoms with van der Waals surface area (Å²) in [7, 11) is 0. The maximum atomic E-state index is 12.0. The Balaban J connectivity index is 1.84. The zero-order chi connectivity index (χ0) is 18.9. The molecule has 7 nitrogen and oxygen atoms in total. The van der Waals surface area contributed by atoms with Crippen LogP contribution >= 0.6 is 0 Å². The van der Waals surface area contributed by atoms with Gasteiger partial charge in [0.1, 0.15) is 0 Å². The van der Waals surface area contributed by atoms with E-state index < -0.39 is 11.8 Å². The fourth-order valence-corrected chi connectivity index (χ4v) is 2.96. The minimum Gasteiger partial charge on any atom is -0.341 e. The second-order valence-corrected chi connectivity index (χ2v) is 6.39. The minimum atomic E-state index is -0.799. The van der Waals surface area contributed by atoms with Crippen LogP contribution in [-0.2, 0) is 20.9 Å². The second kappa shape index (κ2) is 9.91. The summed E-state index contributed by atoms with van der Waals surface area (Å²) in [5.74, 6) is -1.71. The van der Waals surface area contributed by atoms with Crippen molar-refractivity contribution in [1.82, 2.24) is 15.1 Å². The molecule has 0 bridgehead atoms. The molecule has 0 aromatic heterocycles. The molecular weight excluding hydrogens is 332 g/mol. The second-order valence-electron chi connectivity index (χ2n) is 6.39. The summed E-state index contributed by atoms with van der Waals surface area (Å²) in [5.41, 5.74) is 1.64. The zero-order valence-corrected chi connectivity index (χ0v) is 15.6. The third-order valence-electron chi connectivity index (χ3n) is 4.55. The fourth-order valence-electron chi connectivity index (χ4n) is 2.96. The Morgan fingerprint density at radius 1 is 1.08 bits per heavy atom. The van der Waals surface area contributed by atoms with Crippen LogP contribution in [0.2, 0.25) is 0 Å². The highest BCUT2D eigenvalue weighted by Crippen LogP contribution is 2.13. The van der Waals surface area contributed by atoms with Gasteiger partial charge in [-0.25, -0.2) is 0 Å². The van der Waals surface area contributed by atoms with Crippen molar-refractivity contribution in [3.8, 4) is 0 Å². The molecule has 0 saturated carbocycles. The molecule has 142 valence electrons. The lowest BCUT2D eigenvalue weighted by molar-refractivity contribution is -0.138. The van der Waals surface area contributed by atoms with Gasteiger partial charge in [-0.2, -0.15) is 0 Å². The Kier molecular flexibility index (Phi) is 7.59. The first kappa shape index (κ1) is 19.9. The standard InChI is InChI=1S/C19H28N4O3/c1-3-22(4-2)14-15-8-7-9-16(12-15)21-19(26)18(25)20-13-17(24)23-10-5-6-11-23/h7-9,12H,3-6,10-11,13-14H2,1-2H3,(H,20,25)(H,21,26). The van der Waals surface area contributed by atoms with Crippen molar-refractivity contribution in [1.29, 1.82) is 0 Å². The van der Waals surface area contributed by atoms with Crippen molar-refractivity contribution in [2.75, 3.05) is 38.0 Å². The predicted molar refractivity (Wildman–Crippen MR) is 101 cm³/mol. The Morgan fingerprint density at radius 2 is 1.77 bits per heavy atom. The van der Waals surface area contributed by atoms with Gasteiger partial charge >= 0.3 is 11.8 Å². The van der Waals surface area contributed by atoms with Gasteiger partial charge in [-0.1, -0.05) is 26.0 Å². The molecule has 0 radical (unpaired) electrons. The average molecular weight is 360 g/mol. The van der Waals surface area contributed by atoms with E-state index in [9.17, 15) is 14.4 Å². The topological polar surface area (TPSA) is 81.8 Å². The molecular formula is C19H28N4O3. The summed E-state index contributed by atoms with van der Waals surface area (Å²) in [6, 6.07) is 7.44. The van der Waals surface area contributed by atoms with E-state index in [-0.39, 0.29) is 12.5 Å². The monoisotopic (exact) mass is 360 g/mol. The molecule has 1 aromatic rings. The smallest absolute Gasteiger partial charge is 0.313 e. The van der Waals surface area contributed by atoms with Crippen LogP contribution in [-0.4, -0.2) is 60.2 Å². The van der Waals surface area contributed by atoms with E-state index in [1.807, 2.05) is 18.2 Å². The van der Waals surface area contributed by atoms with Gasteiger partial charge in [0, 0.05) is 25.3 Å². The number of nitrogens with one attached hydrogen (secondary N) is 2. The number of rotatable bonds is 7. The van der Waals surface area contributed by atoms with E-state index >= 15 is 0 Å². The molecule has 1 fully saturated rings. The molecule has 2 N–H and O–H groups in total. The van der Waals surface area contributed by atoms with Gasteiger partial charge in [0.25, 0.3) is 0 Å². The molecule has 2 rings (SSSR count). The molecule has 26 heavy (non-hydrogen) atoms. The minimum absolute atomic E-state index is 0.145. The first-order valence-electron chi connectivity index (χ1n) is 9.21. The SMILES string of the molecule is CCN(CC)Cc1cccc(NC(=O)C(=O)NCC(=O)N2CCCC2)c1. The largest absolute Gasteiger partial charge is 0.341 e. The summed E-state index contributed by atoms with van der Waals surface area (Å²) >= 11 is 0. The van der Waals surface area contributed by atoms with Crippen molar-refractivity contribution in [3.63, 3.8) is 0 Å². The first-order chi connectivity index (χ1) is 12.5. The van der Waals surface area contributed by atoms with Gasteiger partial charge in [-0.15, -0.1) is 0 Å². The van der Waals surface area contributed by atoms with E-state index in [1.54, 1.807) is 11.0 Å². The van der Waals surface area contributed by atoms with E-state index in [0.717, 1.165) is 51.1 Å². The summed E-state index contributed by atoms with van der Waals surface area (Å²) in [6.45, 7) is 8.18. The highest BCUT2D eigenvalue weighted by molar-refractivity contribution is 6.39. The molecule has 0 aliphatic carbocycles. The van der Waals surface area contributed by atoms with Crippen LogP contribution < -0.4 is 10.6 Å². The average Bonchev–Trinajstić information content (AvgIpc) is 3.19. The number of hydrogen-bond acceptors (Lipinski definition) is 4. The third-order valence-corrected chi connectivity index (χ3v) is 4.55. The first-order valence-corrected chi connectivity index (χ1v) is 9.21. The lowest BCUT2D eigenvalue weighted by atomic mass is 10.2. The molecule has 1 aromatic carbocycles. The maximum Gasteiger partial charge on any atom is 0.313 e. The Bertz CT molecular complexity index is 637. The van der Waals surface area contributed by atoms with Crippen LogP contribution in [0, 0.1) is 0 Å². The van der Waals surface area contributed by atoms with Gasteiger partial charge in [0.05, 0.1) is 6.54 Å². The highest BCUT2D eigenvalue weighted by atomic mass is 16.2. The fraction of sp³-hybridized carbons (Fsp3) is 0.526. The van der Waals surface area contributed by atoms with Crippen LogP contribution in [0.4, 0.5) is 5.69 Å².